The van der Waals surface area contributed by atoms with Gasteiger partial charge in [0.1, 0.15) is 5.75 Å². The van der Waals surface area contributed by atoms with Gasteiger partial charge in [0, 0.05) is 27.8 Å². The van der Waals surface area contributed by atoms with Gasteiger partial charge in [0.2, 0.25) is 0 Å². The van der Waals surface area contributed by atoms with Crippen LogP contribution in [0.2, 0.25) is 0 Å². The van der Waals surface area contributed by atoms with Crippen LogP contribution in [0.5, 0.6) is 5.75 Å². The maximum atomic E-state index is 6.27. The van der Waals surface area contributed by atoms with Crippen molar-refractivity contribution in [3.8, 4) is 28.0 Å². The molecule has 0 aliphatic rings. The Bertz CT molecular complexity index is 4000. The van der Waals surface area contributed by atoms with E-state index in [1.807, 2.05) is 12.1 Å². The quantitative estimate of drug-likeness (QED) is 0.113. The molecule has 13 aromatic rings. The van der Waals surface area contributed by atoms with E-state index in [0.29, 0.717) is 0 Å². The summed E-state index contributed by atoms with van der Waals surface area (Å²) in [5, 5.41) is 15.1. The van der Waals surface area contributed by atoms with Gasteiger partial charge in [-0.25, -0.2) is 0 Å². The minimum absolute atomic E-state index is 0. The molecule has 13 aromatic carbocycles. The standard InChI is InChI=1S/C68H51N2O.C4H9.Os/c1-5-45(4)71-52-37-35-51(36-38-52)70(50-33-29-44(3)30-34-50)60-42-40-58-64-54(60)24-16-26-56(64)66-61(46-17-9-6-10-18-46)65-55-25-15-23-53-59(69(48-21-13-8-14-22-48)49-31-27-43(2)28-32-49)41-39-57(63(53)55)67(65)62(68(58)66)47-19-11-7-12-20-47;1-3-4-2;/h6-7,9-42,45H,5H2,1-4H3;1,3-4H2,2H3;/q2*-1;+2. The van der Waals surface area contributed by atoms with E-state index < -0.39 is 0 Å². The van der Waals surface area contributed by atoms with Crippen molar-refractivity contribution in [1.82, 2.24) is 0 Å². The third kappa shape index (κ3) is 8.70. The molecule has 0 spiro atoms. The molecule has 372 valence electrons. The van der Waals surface area contributed by atoms with E-state index in [2.05, 4.69) is 264 Å². The Kier molecular flexibility index (Phi) is 14.1. The second kappa shape index (κ2) is 21.3. The molecular formula is C72H60N2OOs. The molecule has 0 N–H and O–H groups in total. The van der Waals surface area contributed by atoms with Crippen LogP contribution >= 0.6 is 0 Å². The topological polar surface area (TPSA) is 15.7 Å². The minimum Gasteiger partial charge on any atom is -0.491 e. The molecule has 13 rings (SSSR count). The van der Waals surface area contributed by atoms with Crippen LogP contribution in [0.3, 0.4) is 0 Å². The predicted molar refractivity (Wildman–Crippen MR) is 323 cm³/mol. The summed E-state index contributed by atoms with van der Waals surface area (Å²) in [6, 6.07) is 83.7. The zero-order valence-corrected chi connectivity index (χ0v) is 46.4. The normalized spacial score (nSPS) is 11.8. The van der Waals surface area contributed by atoms with E-state index in [4.69, 9.17) is 4.74 Å². The number of ether oxygens (including phenoxy) is 1. The Hall–Kier alpha value is -8.02. The third-order valence-corrected chi connectivity index (χ3v) is 15.1. The second-order valence-electron chi connectivity index (χ2n) is 20.0. The zero-order chi connectivity index (χ0) is 51.2. The summed E-state index contributed by atoms with van der Waals surface area (Å²) in [6.07, 6.45) is 3.37. The van der Waals surface area contributed by atoms with E-state index in [1.54, 1.807) is 0 Å². The van der Waals surface area contributed by atoms with Crippen LogP contribution in [0.4, 0.5) is 34.1 Å². The second-order valence-corrected chi connectivity index (χ2v) is 20.0. The summed E-state index contributed by atoms with van der Waals surface area (Å²) >= 11 is 0. The summed E-state index contributed by atoms with van der Waals surface area (Å²) in [5.74, 6) is 0.879. The first kappa shape index (κ1) is 50.2. The van der Waals surface area contributed by atoms with E-state index in [0.717, 1.165) is 52.7 Å². The number of rotatable bonds is 12. The number of nitrogens with zero attached hydrogens (tertiary/aromatic N) is 2. The molecule has 0 radical (unpaired) electrons. The van der Waals surface area contributed by atoms with Crippen molar-refractivity contribution in [1.29, 1.82) is 0 Å². The van der Waals surface area contributed by atoms with Gasteiger partial charge in [0.15, 0.2) is 0 Å². The van der Waals surface area contributed by atoms with Crippen LogP contribution in [0.1, 0.15) is 51.2 Å². The molecule has 3 nitrogen and oxygen atoms in total. The molecule has 0 saturated heterocycles. The average Bonchev–Trinajstić information content (AvgIpc) is 3.98. The molecule has 0 amide bonds. The van der Waals surface area contributed by atoms with Gasteiger partial charge in [-0.15, -0.1) is 12.1 Å². The number of benzene rings is 11. The maximum absolute atomic E-state index is 6.27. The predicted octanol–water partition coefficient (Wildman–Crippen LogP) is 21.0. The Labute approximate surface area is 460 Å². The van der Waals surface area contributed by atoms with Crippen molar-refractivity contribution in [2.24, 2.45) is 0 Å². The molecule has 1 unspecified atom stereocenters. The van der Waals surface area contributed by atoms with E-state index in [1.165, 1.54) is 104 Å². The molecule has 4 heteroatoms. The first-order chi connectivity index (χ1) is 36.9. The first-order valence-corrected chi connectivity index (χ1v) is 26.6. The fourth-order valence-electron chi connectivity index (χ4n) is 11.4. The maximum Gasteiger partial charge on any atom is 2.00 e. The van der Waals surface area contributed by atoms with Gasteiger partial charge in [-0.2, -0.15) is 24.6 Å². The Morgan fingerprint density at radius 1 is 0.421 bits per heavy atom. The van der Waals surface area contributed by atoms with Crippen LogP contribution < -0.4 is 14.5 Å². The van der Waals surface area contributed by atoms with E-state index >= 15 is 0 Å². The summed E-state index contributed by atoms with van der Waals surface area (Å²) in [5.41, 5.74) is 14.1. The molecule has 76 heavy (non-hydrogen) atoms. The monoisotopic (exact) mass is 1160 g/mol. The van der Waals surface area contributed by atoms with Crippen LogP contribution in [-0.4, -0.2) is 6.10 Å². The van der Waals surface area contributed by atoms with Gasteiger partial charge in [-0.3, -0.25) is 0 Å². The molecule has 0 fully saturated rings. The molecule has 1 atom stereocenters. The molecule has 0 heterocycles. The number of unbranched alkanes of at least 4 members (excludes halogenated alkanes) is 1. The van der Waals surface area contributed by atoms with Crippen LogP contribution in [0.15, 0.2) is 218 Å². The fourth-order valence-corrected chi connectivity index (χ4v) is 11.4. The average molecular weight is 1160 g/mol. The SMILES string of the molecule is CCC(C)Oc1ccc(N(c2ccc(C)cc2)c2ccc3c4c(-c5ccccc5)c5c6ccc(N(c7cc[c-]cc7)c7ccc(C)cc7)c7cccc(c5c(-c5ccccc5)c4c4cccc2c43)c76)cc1.[CH2-]CCC.[Os+2]. The number of anilines is 6. The summed E-state index contributed by atoms with van der Waals surface area (Å²) in [6.45, 7) is 14.3. The molecule has 0 aliphatic heterocycles. The smallest absolute Gasteiger partial charge is 0.491 e. The Morgan fingerprint density at radius 2 is 0.789 bits per heavy atom. The van der Waals surface area contributed by atoms with Crippen molar-refractivity contribution in [3.63, 3.8) is 0 Å². The zero-order valence-electron chi connectivity index (χ0n) is 43.8. The number of fused-ring (bicyclic) bond motifs is 6. The minimum atomic E-state index is 0. The van der Waals surface area contributed by atoms with Crippen molar-refractivity contribution in [2.75, 3.05) is 9.80 Å². The summed E-state index contributed by atoms with van der Waals surface area (Å²) in [4.78, 5) is 4.82. The Morgan fingerprint density at radius 3 is 1.18 bits per heavy atom. The molecule has 0 aromatic heterocycles. The van der Waals surface area contributed by atoms with Gasteiger partial charge in [-0.1, -0.05) is 171 Å². The number of aryl methyl sites for hydroxylation is 2. The molecule has 0 saturated carbocycles. The fraction of sp³-hybridized carbons (Fsp3) is 0.125. The van der Waals surface area contributed by atoms with Gasteiger partial charge < -0.3 is 21.5 Å². The van der Waals surface area contributed by atoms with Crippen molar-refractivity contribution < 1.29 is 24.5 Å². The van der Waals surface area contributed by atoms with Gasteiger partial charge in [0.05, 0.1) is 17.5 Å². The van der Waals surface area contributed by atoms with Crippen LogP contribution in [0.25, 0.3) is 86.9 Å². The Balaban J connectivity index is 0.00000119. The largest absolute Gasteiger partial charge is 2.00 e. The van der Waals surface area contributed by atoms with Crippen molar-refractivity contribution >= 4 is 98.8 Å². The van der Waals surface area contributed by atoms with Crippen molar-refractivity contribution in [2.45, 2.75) is 60.0 Å². The summed E-state index contributed by atoms with van der Waals surface area (Å²) in [7, 11) is 0. The molecule has 0 bridgehead atoms. The van der Waals surface area contributed by atoms with E-state index in [9.17, 15) is 0 Å². The summed E-state index contributed by atoms with van der Waals surface area (Å²) < 4.78 is 6.27. The van der Waals surface area contributed by atoms with E-state index in [-0.39, 0.29) is 25.9 Å². The van der Waals surface area contributed by atoms with Gasteiger partial charge in [0.25, 0.3) is 0 Å². The molecular weight excluding hydrogens is 1100 g/mol. The van der Waals surface area contributed by atoms with Gasteiger partial charge >= 0.3 is 19.8 Å². The number of hydrogen-bond acceptors (Lipinski definition) is 3. The van der Waals surface area contributed by atoms with Crippen LogP contribution in [-0.2, 0) is 19.8 Å². The number of hydrogen-bond donors (Lipinski definition) is 0. The van der Waals surface area contributed by atoms with Crippen LogP contribution in [0, 0.1) is 26.8 Å². The third-order valence-electron chi connectivity index (χ3n) is 15.1. The van der Waals surface area contributed by atoms with Crippen molar-refractivity contribution in [3.05, 3.63) is 243 Å². The van der Waals surface area contributed by atoms with Gasteiger partial charge in [-0.05, 0) is 164 Å². The first-order valence-electron chi connectivity index (χ1n) is 26.6. The molecule has 0 aliphatic carbocycles.